The van der Waals surface area contributed by atoms with E-state index in [0.29, 0.717) is 32.9 Å². The molecule has 2 atom stereocenters. The Labute approximate surface area is 227 Å². The summed E-state index contributed by atoms with van der Waals surface area (Å²) >= 11 is 12.7. The zero-order valence-corrected chi connectivity index (χ0v) is 21.8. The number of benzene rings is 3. The lowest BCUT2D eigenvalue weighted by Crippen LogP contribution is -2.63. The third kappa shape index (κ3) is 5.31. The average molecular weight is 559 g/mol. The quantitative estimate of drug-likeness (QED) is 0.445. The Morgan fingerprint density at radius 3 is 2.37 bits per heavy atom. The second kappa shape index (κ2) is 10.6. The van der Waals surface area contributed by atoms with E-state index in [1.165, 1.54) is 18.9 Å². The molecule has 0 aliphatic carbocycles. The minimum atomic E-state index is -2.45. The molecule has 1 aliphatic rings. The van der Waals surface area contributed by atoms with E-state index in [4.69, 9.17) is 28.9 Å². The fourth-order valence-corrected chi connectivity index (χ4v) is 4.64. The van der Waals surface area contributed by atoms with Crippen molar-refractivity contribution in [3.05, 3.63) is 99.0 Å². The summed E-state index contributed by atoms with van der Waals surface area (Å²) in [4.78, 5) is 45.4. The van der Waals surface area contributed by atoms with E-state index in [1.807, 2.05) is 0 Å². The van der Waals surface area contributed by atoms with Crippen molar-refractivity contribution in [1.82, 2.24) is 5.32 Å². The summed E-state index contributed by atoms with van der Waals surface area (Å²) in [7, 11) is 1.44. The van der Waals surface area contributed by atoms with Gasteiger partial charge in [0.1, 0.15) is 11.6 Å². The molecule has 0 radical (unpaired) electrons. The topological polar surface area (TPSA) is 105 Å². The number of rotatable bonds is 6. The van der Waals surface area contributed by atoms with Crippen molar-refractivity contribution in [2.24, 2.45) is 10.7 Å². The number of benzodiazepines with no additional fused rings is 1. The van der Waals surface area contributed by atoms with Crippen LogP contribution in [0, 0.1) is 11.6 Å². The van der Waals surface area contributed by atoms with Crippen LogP contribution in [0.4, 0.5) is 14.5 Å². The molecule has 4 rings (SSSR count). The van der Waals surface area contributed by atoms with Crippen LogP contribution in [0.3, 0.4) is 0 Å². The summed E-state index contributed by atoms with van der Waals surface area (Å²) < 4.78 is 27.0. The Kier molecular flexibility index (Phi) is 7.64. The largest absolute Gasteiger partial charge is 0.346 e. The number of aliphatic imine (C=N–C) groups is 1. The van der Waals surface area contributed by atoms with Crippen LogP contribution in [0.25, 0.3) is 0 Å². The number of hydrogen-bond acceptors (Lipinski definition) is 5. The SMILES string of the molecule is C[C@H](NC(=O)Cc1cc(F)cc(F)c1)C(=O)C1(N)N=C(c2ccccc2Cl)c2cc(Cl)ccc2N(C)C1=O. The van der Waals surface area contributed by atoms with E-state index in [-0.39, 0.29) is 11.3 Å². The van der Waals surface area contributed by atoms with Crippen molar-refractivity contribution in [1.29, 1.82) is 0 Å². The molecule has 1 unspecified atom stereocenters. The third-order valence-corrected chi connectivity index (χ3v) is 6.62. The van der Waals surface area contributed by atoms with Crippen molar-refractivity contribution in [2.75, 3.05) is 11.9 Å². The van der Waals surface area contributed by atoms with E-state index in [0.717, 1.165) is 12.1 Å². The van der Waals surface area contributed by atoms with Crippen LogP contribution in [-0.4, -0.2) is 42.1 Å². The second-order valence-electron chi connectivity index (χ2n) is 8.84. The summed E-state index contributed by atoms with van der Waals surface area (Å²) in [6, 6.07) is 12.9. The molecule has 3 N–H and O–H groups in total. The van der Waals surface area contributed by atoms with Gasteiger partial charge in [-0.1, -0.05) is 41.4 Å². The molecular formula is C27H22Cl2F2N4O3. The monoisotopic (exact) mass is 558 g/mol. The van der Waals surface area contributed by atoms with E-state index in [9.17, 15) is 23.2 Å². The van der Waals surface area contributed by atoms with Crippen molar-refractivity contribution >= 4 is 52.2 Å². The molecule has 2 amide bonds. The van der Waals surface area contributed by atoms with E-state index >= 15 is 0 Å². The predicted molar refractivity (Wildman–Crippen MR) is 142 cm³/mol. The van der Waals surface area contributed by atoms with Gasteiger partial charge < -0.3 is 10.2 Å². The number of carbonyl (C=O) groups is 3. The molecule has 1 aliphatic heterocycles. The lowest BCUT2D eigenvalue weighted by Gasteiger charge is -2.29. The van der Waals surface area contributed by atoms with Crippen molar-refractivity contribution in [3.63, 3.8) is 0 Å². The van der Waals surface area contributed by atoms with E-state index < -0.39 is 47.4 Å². The Morgan fingerprint density at radius 2 is 1.71 bits per heavy atom. The first kappa shape index (κ1) is 27.4. The van der Waals surface area contributed by atoms with Gasteiger partial charge in [-0.2, -0.15) is 0 Å². The van der Waals surface area contributed by atoms with E-state index in [2.05, 4.69) is 10.3 Å². The minimum Gasteiger partial charge on any atom is -0.346 e. The molecule has 0 aromatic heterocycles. The van der Waals surface area contributed by atoms with Gasteiger partial charge in [0.05, 0.1) is 23.9 Å². The normalized spacial score (nSPS) is 17.8. The number of ketones is 1. The van der Waals surface area contributed by atoms with E-state index in [1.54, 1.807) is 42.5 Å². The maximum Gasteiger partial charge on any atom is 0.277 e. The number of hydrogen-bond donors (Lipinski definition) is 2. The summed E-state index contributed by atoms with van der Waals surface area (Å²) in [5.41, 5.74) is 5.45. The maximum absolute atomic E-state index is 13.6. The first-order chi connectivity index (χ1) is 17.9. The van der Waals surface area contributed by atoms with Gasteiger partial charge in [-0.05, 0) is 48.9 Å². The molecule has 0 saturated heterocycles. The molecule has 11 heteroatoms. The summed E-state index contributed by atoms with van der Waals surface area (Å²) in [5.74, 6) is -4.14. The maximum atomic E-state index is 13.6. The molecule has 7 nitrogen and oxygen atoms in total. The van der Waals surface area contributed by atoms with Crippen LogP contribution >= 0.6 is 23.2 Å². The Balaban J connectivity index is 1.72. The number of fused-ring (bicyclic) bond motifs is 1. The summed E-state index contributed by atoms with van der Waals surface area (Å²) in [6.07, 6.45) is -0.407. The van der Waals surface area contributed by atoms with Crippen molar-refractivity contribution < 1.29 is 23.2 Å². The standard InChI is InChI=1S/C27H22Cl2F2N4O3/c1-14(33-23(36)11-15-9-17(30)13-18(31)10-15)25(37)27(32)26(38)35(2)22-8-7-16(28)12-20(22)24(34-27)19-5-3-4-6-21(19)29/h3-10,12-14H,11,32H2,1-2H3,(H,33,36)/t14-,27?/m0/s1. The van der Waals surface area contributed by atoms with Gasteiger partial charge in [-0.25, -0.2) is 13.8 Å². The number of carbonyl (C=O) groups excluding carboxylic acids is 3. The number of anilines is 1. The number of likely N-dealkylation sites (N-methyl/N-ethyl adjacent to an activating group) is 1. The second-order valence-corrected chi connectivity index (χ2v) is 9.68. The van der Waals surface area contributed by atoms with Crippen LogP contribution in [0.5, 0.6) is 0 Å². The summed E-state index contributed by atoms with van der Waals surface area (Å²) in [6.45, 7) is 1.34. The molecule has 0 bridgehead atoms. The van der Waals surface area contributed by atoms with Gasteiger partial charge >= 0.3 is 0 Å². The van der Waals surface area contributed by atoms with Crippen LogP contribution < -0.4 is 16.0 Å². The smallest absolute Gasteiger partial charge is 0.277 e. The van der Waals surface area contributed by atoms with Gasteiger partial charge in [0.2, 0.25) is 17.4 Å². The Morgan fingerprint density at radius 1 is 1.05 bits per heavy atom. The molecule has 38 heavy (non-hydrogen) atoms. The molecule has 0 saturated carbocycles. The number of halogens is 4. The van der Waals surface area contributed by atoms with Crippen molar-refractivity contribution in [3.8, 4) is 0 Å². The van der Waals surface area contributed by atoms with Crippen molar-refractivity contribution in [2.45, 2.75) is 25.0 Å². The lowest BCUT2D eigenvalue weighted by molar-refractivity contribution is -0.136. The zero-order valence-electron chi connectivity index (χ0n) is 20.3. The Bertz CT molecular complexity index is 1480. The highest BCUT2D eigenvalue weighted by Gasteiger charge is 2.49. The van der Waals surface area contributed by atoms with Gasteiger partial charge in [0.15, 0.2) is 0 Å². The highest BCUT2D eigenvalue weighted by atomic mass is 35.5. The predicted octanol–water partition coefficient (Wildman–Crippen LogP) is 4.06. The van der Waals surface area contributed by atoms with Gasteiger partial charge in [-0.3, -0.25) is 20.1 Å². The fraction of sp³-hybridized carbons (Fsp3) is 0.185. The number of nitrogens with two attached hydrogens (primary N) is 1. The molecule has 0 spiro atoms. The van der Waals surface area contributed by atoms with Gasteiger partial charge in [-0.15, -0.1) is 0 Å². The highest BCUT2D eigenvalue weighted by molar-refractivity contribution is 6.37. The first-order valence-electron chi connectivity index (χ1n) is 11.4. The first-order valence-corrected chi connectivity index (χ1v) is 12.2. The van der Waals surface area contributed by atoms with Gasteiger partial charge in [0.25, 0.3) is 5.91 Å². The Hall–Kier alpha value is -3.66. The third-order valence-electron chi connectivity index (χ3n) is 6.06. The molecule has 0 fully saturated rings. The zero-order chi connectivity index (χ0) is 27.8. The molecule has 1 heterocycles. The highest BCUT2D eigenvalue weighted by Crippen LogP contribution is 2.34. The fourth-order valence-electron chi connectivity index (χ4n) is 4.25. The van der Waals surface area contributed by atoms with Crippen LogP contribution in [0.15, 0.2) is 65.7 Å². The van der Waals surface area contributed by atoms with Crippen LogP contribution in [0.2, 0.25) is 10.0 Å². The number of amides is 2. The molecule has 3 aromatic rings. The van der Waals surface area contributed by atoms with Gasteiger partial charge in [0, 0.05) is 34.3 Å². The number of Topliss-reactive ketones (excluding diaryl/α,β-unsaturated/α-hetero) is 1. The lowest BCUT2D eigenvalue weighted by atomic mass is 9.97. The van der Waals surface area contributed by atoms with Crippen LogP contribution in [0.1, 0.15) is 23.6 Å². The number of nitrogens with one attached hydrogen (secondary N) is 1. The number of nitrogens with zero attached hydrogens (tertiary/aromatic N) is 2. The summed E-state index contributed by atoms with van der Waals surface area (Å²) in [5, 5.41) is 3.10. The molecule has 3 aromatic carbocycles. The minimum absolute atomic E-state index is 0.0683. The molecular weight excluding hydrogens is 537 g/mol. The average Bonchev–Trinajstić information content (AvgIpc) is 2.92. The van der Waals surface area contributed by atoms with Crippen LogP contribution in [-0.2, 0) is 20.8 Å². The molecule has 196 valence electrons.